The van der Waals surface area contributed by atoms with Crippen LogP contribution in [0.25, 0.3) is 0 Å². The summed E-state index contributed by atoms with van der Waals surface area (Å²) in [7, 11) is 0. The van der Waals surface area contributed by atoms with Crippen molar-refractivity contribution in [2.75, 3.05) is 13.1 Å². The van der Waals surface area contributed by atoms with Gasteiger partial charge in [0.1, 0.15) is 5.82 Å². The zero-order valence-electron chi connectivity index (χ0n) is 14.8. The smallest absolute Gasteiger partial charge is 0.417 e. The van der Waals surface area contributed by atoms with E-state index in [1.807, 2.05) is 0 Å². The number of alkyl halides is 5. The van der Waals surface area contributed by atoms with Crippen LogP contribution in [-0.2, 0) is 6.18 Å². The van der Waals surface area contributed by atoms with Crippen LogP contribution in [-0.4, -0.2) is 40.9 Å². The van der Waals surface area contributed by atoms with Crippen LogP contribution in [0.3, 0.4) is 0 Å². The van der Waals surface area contributed by atoms with Crippen LogP contribution in [0.15, 0.2) is 30.0 Å². The van der Waals surface area contributed by atoms with Crippen molar-refractivity contribution in [3.63, 3.8) is 0 Å². The van der Waals surface area contributed by atoms with Gasteiger partial charge in [-0.25, -0.2) is 18.0 Å². The number of rotatable bonds is 3. The highest BCUT2D eigenvalue weighted by Gasteiger charge is 2.80. The Kier molecular flexibility index (Phi) is 4.83. The van der Waals surface area contributed by atoms with Crippen molar-refractivity contribution in [3.05, 3.63) is 46.9 Å². The van der Waals surface area contributed by atoms with E-state index in [1.54, 1.807) is 0 Å². The molecule has 0 radical (unpaired) electrons. The van der Waals surface area contributed by atoms with Gasteiger partial charge >= 0.3 is 12.3 Å². The lowest BCUT2D eigenvalue weighted by molar-refractivity contribution is -0.138. The van der Waals surface area contributed by atoms with E-state index in [9.17, 15) is 35.9 Å². The second-order valence-electron chi connectivity index (χ2n) is 7.18. The predicted molar refractivity (Wildman–Crippen MR) is 87.7 cm³/mol. The van der Waals surface area contributed by atoms with Gasteiger partial charge in [-0.15, -0.1) is 0 Å². The number of amides is 1. The third kappa shape index (κ3) is 3.42. The van der Waals surface area contributed by atoms with Gasteiger partial charge in [0.15, 0.2) is 5.78 Å². The molecule has 1 saturated heterocycles. The topological polar surface area (TPSA) is 83.6 Å². The molecule has 1 saturated carbocycles. The molecule has 1 aromatic carbocycles. The number of carboxylic acid groups (broad SMARTS) is 1. The lowest BCUT2D eigenvalue weighted by Crippen LogP contribution is -2.40. The van der Waals surface area contributed by atoms with E-state index in [1.165, 1.54) is 0 Å². The summed E-state index contributed by atoms with van der Waals surface area (Å²) in [6.45, 7) is -0.280. The fourth-order valence-corrected chi connectivity index (χ4v) is 4.03. The van der Waals surface area contributed by atoms with Crippen LogP contribution in [0.4, 0.5) is 31.1 Å². The molecule has 2 fully saturated rings. The van der Waals surface area contributed by atoms with E-state index in [-0.39, 0.29) is 32.0 Å². The molecule has 1 aliphatic carbocycles. The Bertz CT molecular complexity index is 888. The number of hydrogen-bond acceptors (Lipinski definition) is 3. The fraction of sp³-hybridized carbons (Fsp3) is 0.444. The van der Waals surface area contributed by atoms with Gasteiger partial charge in [0, 0.05) is 30.4 Å². The molecule has 1 atom stereocenters. The Balaban J connectivity index is 1.86. The average Bonchev–Trinajstić information content (AvgIpc) is 3.07. The second kappa shape index (κ2) is 6.67. The standard InChI is InChI=1S/C18H16F6N2O3/c19-9-1-2-10(11(7-9)18(22,23)24)13(27)8-12(25)14-16(17(14,20)21)3-5-26(6-4-16)15(28)29/h1-2,7-8,14H,3-6,25H2,(H,28,29). The van der Waals surface area contributed by atoms with Crippen LogP contribution in [0, 0.1) is 17.2 Å². The highest BCUT2D eigenvalue weighted by Crippen LogP contribution is 2.72. The molecule has 29 heavy (non-hydrogen) atoms. The van der Waals surface area contributed by atoms with Crippen molar-refractivity contribution in [2.24, 2.45) is 17.1 Å². The number of carbonyl (C=O) groups excluding carboxylic acids is 1. The molecule has 158 valence electrons. The minimum absolute atomic E-state index is 0.140. The maximum Gasteiger partial charge on any atom is 0.417 e. The number of allylic oxidation sites excluding steroid dienone is 2. The Labute approximate surface area is 160 Å². The van der Waals surface area contributed by atoms with Crippen LogP contribution in [0.1, 0.15) is 28.8 Å². The summed E-state index contributed by atoms with van der Waals surface area (Å²) in [5, 5.41) is 8.93. The van der Waals surface area contributed by atoms with Crippen molar-refractivity contribution < 1.29 is 41.0 Å². The molecule has 5 nitrogen and oxygen atoms in total. The quantitative estimate of drug-likeness (QED) is 0.440. The molecule has 1 unspecified atom stereocenters. The monoisotopic (exact) mass is 422 g/mol. The van der Waals surface area contributed by atoms with Gasteiger partial charge in [-0.1, -0.05) is 0 Å². The summed E-state index contributed by atoms with van der Waals surface area (Å²) >= 11 is 0. The van der Waals surface area contributed by atoms with Gasteiger partial charge in [0.2, 0.25) is 0 Å². The normalized spacial score (nSPS) is 23.2. The molecule has 11 heteroatoms. The number of likely N-dealkylation sites (tertiary alicyclic amines) is 1. The highest BCUT2D eigenvalue weighted by molar-refractivity contribution is 6.06. The molecule has 1 aliphatic heterocycles. The van der Waals surface area contributed by atoms with Gasteiger partial charge in [-0.2, -0.15) is 13.2 Å². The van der Waals surface area contributed by atoms with Crippen LogP contribution in [0.5, 0.6) is 0 Å². The second-order valence-corrected chi connectivity index (χ2v) is 7.18. The number of piperidine rings is 1. The number of carbonyl (C=O) groups is 2. The summed E-state index contributed by atoms with van der Waals surface area (Å²) in [5.74, 6) is -7.36. The summed E-state index contributed by atoms with van der Waals surface area (Å²) in [5.41, 5.74) is 1.01. The first-order chi connectivity index (χ1) is 13.3. The predicted octanol–water partition coefficient (Wildman–Crippen LogP) is 3.90. The van der Waals surface area contributed by atoms with Gasteiger partial charge < -0.3 is 15.7 Å². The molecule has 2 aliphatic rings. The summed E-state index contributed by atoms with van der Waals surface area (Å²) in [6, 6.07) is 1.42. The minimum Gasteiger partial charge on any atom is -0.465 e. The number of benzene rings is 1. The number of hydrogen-bond donors (Lipinski definition) is 2. The van der Waals surface area contributed by atoms with Gasteiger partial charge in [0.25, 0.3) is 5.92 Å². The van der Waals surface area contributed by atoms with Crippen molar-refractivity contribution >= 4 is 11.9 Å². The van der Waals surface area contributed by atoms with Crippen LogP contribution in [0.2, 0.25) is 0 Å². The molecule has 0 bridgehead atoms. The van der Waals surface area contributed by atoms with E-state index >= 15 is 0 Å². The largest absolute Gasteiger partial charge is 0.465 e. The van der Waals surface area contributed by atoms with Crippen LogP contribution >= 0.6 is 0 Å². The van der Waals surface area contributed by atoms with Crippen molar-refractivity contribution in [1.29, 1.82) is 0 Å². The molecule has 1 spiro atoms. The van der Waals surface area contributed by atoms with Crippen molar-refractivity contribution in [3.8, 4) is 0 Å². The third-order valence-corrected chi connectivity index (χ3v) is 5.61. The first-order valence-electron chi connectivity index (χ1n) is 8.55. The zero-order valence-corrected chi connectivity index (χ0v) is 14.8. The minimum atomic E-state index is -5.02. The molecule has 0 aromatic heterocycles. The van der Waals surface area contributed by atoms with E-state index in [0.717, 1.165) is 4.90 Å². The molecule has 1 heterocycles. The van der Waals surface area contributed by atoms with Crippen molar-refractivity contribution in [2.45, 2.75) is 24.9 Å². The lowest BCUT2D eigenvalue weighted by Gasteiger charge is -2.30. The Morgan fingerprint density at radius 3 is 2.31 bits per heavy atom. The number of nitrogens with zero attached hydrogens (tertiary/aromatic N) is 1. The number of nitrogens with two attached hydrogens (primary N) is 1. The van der Waals surface area contributed by atoms with Gasteiger partial charge in [-0.3, -0.25) is 4.79 Å². The Hall–Kier alpha value is -2.72. The average molecular weight is 422 g/mol. The zero-order chi connectivity index (χ0) is 21.8. The van der Waals surface area contributed by atoms with Gasteiger partial charge in [0.05, 0.1) is 16.9 Å². The first-order valence-corrected chi connectivity index (χ1v) is 8.55. The summed E-state index contributed by atoms with van der Waals surface area (Å²) in [6.07, 6.45) is -6.13. The molecule has 1 aromatic rings. The third-order valence-electron chi connectivity index (χ3n) is 5.61. The number of ketones is 1. The van der Waals surface area contributed by atoms with E-state index in [0.29, 0.717) is 18.2 Å². The maximum atomic E-state index is 14.5. The van der Waals surface area contributed by atoms with Gasteiger partial charge in [-0.05, 0) is 31.0 Å². The molecular weight excluding hydrogens is 406 g/mol. The summed E-state index contributed by atoms with van der Waals surface area (Å²) in [4.78, 5) is 24.2. The SMILES string of the molecule is NC(=CC(=O)c1ccc(F)cc1C(F)(F)F)C1C(F)(F)C12CCN(C(=O)O)CC2. The molecular formula is C18H16F6N2O3. The Morgan fingerprint density at radius 2 is 1.79 bits per heavy atom. The van der Waals surface area contributed by atoms with E-state index in [4.69, 9.17) is 10.8 Å². The lowest BCUT2D eigenvalue weighted by atomic mass is 9.89. The van der Waals surface area contributed by atoms with E-state index in [2.05, 4.69) is 0 Å². The Morgan fingerprint density at radius 1 is 1.21 bits per heavy atom. The molecule has 1 amide bonds. The van der Waals surface area contributed by atoms with E-state index < -0.39 is 57.9 Å². The maximum absolute atomic E-state index is 14.5. The number of halogens is 6. The van der Waals surface area contributed by atoms with Crippen molar-refractivity contribution in [1.82, 2.24) is 4.90 Å². The molecule has 3 N–H and O–H groups in total. The fourth-order valence-electron chi connectivity index (χ4n) is 4.03. The highest BCUT2D eigenvalue weighted by atomic mass is 19.4. The van der Waals surface area contributed by atoms with Crippen LogP contribution < -0.4 is 5.73 Å². The summed E-state index contributed by atoms with van der Waals surface area (Å²) < 4.78 is 81.3. The first kappa shape index (κ1) is 21.0. The molecule has 3 rings (SSSR count).